The summed E-state index contributed by atoms with van der Waals surface area (Å²) in [6.45, 7) is 6.42. The average molecular weight is 431 g/mol. The number of aryl methyl sites for hydroxylation is 1. The van der Waals surface area contributed by atoms with Gasteiger partial charge in [-0.05, 0) is 55.0 Å². The Kier molecular flexibility index (Phi) is 10.9. The van der Waals surface area contributed by atoms with Crippen LogP contribution < -0.4 is 4.74 Å². The summed E-state index contributed by atoms with van der Waals surface area (Å²) in [7, 11) is 0. The molecule has 2 aromatic rings. The Labute approximate surface area is 186 Å². The summed E-state index contributed by atoms with van der Waals surface area (Å²) in [4.78, 5) is 21.1. The Morgan fingerprint density at radius 3 is 2.30 bits per heavy atom. The van der Waals surface area contributed by atoms with Crippen LogP contribution in [0.4, 0.5) is 0 Å². The molecule has 0 saturated heterocycles. The van der Waals surface area contributed by atoms with Gasteiger partial charge in [-0.25, -0.2) is 9.97 Å². The highest BCUT2D eigenvalue weighted by Gasteiger charge is 2.19. The van der Waals surface area contributed by atoms with Gasteiger partial charge in [0.2, 0.25) is 0 Å². The van der Waals surface area contributed by atoms with Gasteiger partial charge in [0.25, 0.3) is 0 Å². The molecule has 1 aromatic heterocycles. The molecule has 2 rings (SSSR count). The Morgan fingerprint density at radius 1 is 1.00 bits per heavy atom. The molecule has 0 radical (unpaired) electrons. The van der Waals surface area contributed by atoms with E-state index in [-0.39, 0.29) is 17.8 Å². The predicted octanol–water partition coefficient (Wildman–Crippen LogP) is 7.00. The Morgan fingerprint density at radius 2 is 1.67 bits per heavy atom. The van der Waals surface area contributed by atoms with E-state index in [9.17, 15) is 4.79 Å². The number of esters is 1. The van der Waals surface area contributed by atoms with Crippen LogP contribution in [0.3, 0.4) is 0 Å². The van der Waals surface area contributed by atoms with E-state index in [0.29, 0.717) is 17.5 Å². The molecule has 0 fully saturated rings. The van der Waals surface area contributed by atoms with Crippen LogP contribution in [0.1, 0.15) is 77.7 Å². The van der Waals surface area contributed by atoms with E-state index in [1.165, 1.54) is 37.7 Å². The topological polar surface area (TPSA) is 52.1 Å². The highest BCUT2D eigenvalue weighted by Crippen LogP contribution is 2.23. The van der Waals surface area contributed by atoms with Crippen LogP contribution in [-0.4, -0.2) is 21.3 Å². The van der Waals surface area contributed by atoms with E-state index in [2.05, 4.69) is 30.7 Å². The number of rotatable bonds is 13. The van der Waals surface area contributed by atoms with Gasteiger partial charge in [-0.15, -0.1) is 11.6 Å². The first-order chi connectivity index (χ1) is 14.5. The van der Waals surface area contributed by atoms with Crippen LogP contribution in [0.5, 0.6) is 5.75 Å². The molecule has 5 heteroatoms. The van der Waals surface area contributed by atoms with Crippen LogP contribution in [-0.2, 0) is 11.2 Å². The number of unbranched alkanes of at least 4 members (excludes halogenated alkanes) is 4. The second-order valence-electron chi connectivity index (χ2n) is 8.06. The quantitative estimate of drug-likeness (QED) is 0.148. The van der Waals surface area contributed by atoms with E-state index in [4.69, 9.17) is 16.3 Å². The largest absolute Gasteiger partial charge is 0.426 e. The summed E-state index contributed by atoms with van der Waals surface area (Å²) in [5.74, 6) is 1.18. The van der Waals surface area contributed by atoms with Crippen molar-refractivity contribution in [2.24, 2.45) is 5.92 Å². The van der Waals surface area contributed by atoms with Crippen LogP contribution >= 0.6 is 11.6 Å². The molecular formula is C25H35ClN2O2. The Hall–Kier alpha value is -1.94. The zero-order valence-corrected chi connectivity index (χ0v) is 19.3. The first-order valence-electron chi connectivity index (χ1n) is 11.3. The lowest BCUT2D eigenvalue weighted by Gasteiger charge is -2.16. The van der Waals surface area contributed by atoms with Crippen molar-refractivity contribution in [3.8, 4) is 17.1 Å². The van der Waals surface area contributed by atoms with Crippen molar-refractivity contribution in [1.29, 1.82) is 0 Å². The first-order valence-corrected chi connectivity index (χ1v) is 11.7. The summed E-state index contributed by atoms with van der Waals surface area (Å²) in [5, 5.41) is -0.199. The van der Waals surface area contributed by atoms with Gasteiger partial charge in [-0.2, -0.15) is 0 Å². The molecule has 0 N–H and O–H groups in total. The zero-order valence-electron chi connectivity index (χ0n) is 18.6. The minimum absolute atomic E-state index is 0.199. The number of hydrogen-bond acceptors (Lipinski definition) is 4. The van der Waals surface area contributed by atoms with Gasteiger partial charge in [-0.3, -0.25) is 4.79 Å². The minimum Gasteiger partial charge on any atom is -0.426 e. The molecule has 30 heavy (non-hydrogen) atoms. The van der Waals surface area contributed by atoms with Crippen LogP contribution in [0.25, 0.3) is 11.4 Å². The van der Waals surface area contributed by atoms with Crippen LogP contribution in [0.15, 0.2) is 36.7 Å². The SMILES string of the molecule is CCCCCCCc1cnc(-c2ccc(OC(=O)CC(Cl)C(C)CCC)cc2)nc1. The van der Waals surface area contributed by atoms with Crippen molar-refractivity contribution >= 4 is 17.6 Å². The molecular weight excluding hydrogens is 396 g/mol. The first kappa shape index (κ1) is 24.3. The third-order valence-electron chi connectivity index (χ3n) is 5.34. The summed E-state index contributed by atoms with van der Waals surface area (Å²) >= 11 is 6.33. The van der Waals surface area contributed by atoms with Gasteiger partial charge in [-0.1, -0.05) is 52.9 Å². The summed E-state index contributed by atoms with van der Waals surface area (Å²) in [5.41, 5.74) is 2.07. The Balaban J connectivity index is 1.84. The maximum Gasteiger partial charge on any atom is 0.312 e. The third kappa shape index (κ3) is 8.43. The molecule has 1 heterocycles. The Bertz CT molecular complexity index is 747. The summed E-state index contributed by atoms with van der Waals surface area (Å²) < 4.78 is 5.43. The van der Waals surface area contributed by atoms with E-state index >= 15 is 0 Å². The van der Waals surface area contributed by atoms with Crippen molar-refractivity contribution < 1.29 is 9.53 Å². The highest BCUT2D eigenvalue weighted by atomic mass is 35.5. The number of alkyl halides is 1. The number of carbonyl (C=O) groups excluding carboxylic acids is 1. The maximum absolute atomic E-state index is 12.1. The molecule has 164 valence electrons. The normalized spacial score (nSPS) is 13.1. The molecule has 0 aliphatic rings. The van der Waals surface area contributed by atoms with Gasteiger partial charge in [0, 0.05) is 23.3 Å². The number of aromatic nitrogens is 2. The number of halogens is 1. The summed E-state index contributed by atoms with van der Waals surface area (Å²) in [6, 6.07) is 7.30. The molecule has 0 aliphatic carbocycles. The smallest absolute Gasteiger partial charge is 0.312 e. The van der Waals surface area contributed by atoms with Gasteiger partial charge >= 0.3 is 5.97 Å². The van der Waals surface area contributed by atoms with Crippen molar-refractivity contribution in [2.75, 3.05) is 0 Å². The molecule has 0 aliphatic heterocycles. The van der Waals surface area contributed by atoms with Gasteiger partial charge in [0.05, 0.1) is 6.42 Å². The van der Waals surface area contributed by atoms with Crippen molar-refractivity contribution in [1.82, 2.24) is 9.97 Å². The predicted molar refractivity (Wildman–Crippen MR) is 124 cm³/mol. The number of nitrogens with zero attached hydrogens (tertiary/aromatic N) is 2. The molecule has 2 atom stereocenters. The van der Waals surface area contributed by atoms with Crippen molar-refractivity contribution in [2.45, 2.75) is 83.9 Å². The third-order valence-corrected chi connectivity index (χ3v) is 5.93. The van der Waals surface area contributed by atoms with E-state index < -0.39 is 0 Å². The van der Waals surface area contributed by atoms with Gasteiger partial charge in [0.1, 0.15) is 5.75 Å². The molecule has 0 saturated carbocycles. The molecule has 1 aromatic carbocycles. The van der Waals surface area contributed by atoms with Gasteiger partial charge < -0.3 is 4.74 Å². The second kappa shape index (κ2) is 13.4. The molecule has 4 nitrogen and oxygen atoms in total. The standard InChI is InChI=1S/C25H35ClN2O2/c1-4-6-7-8-9-11-20-17-27-25(28-18-20)21-12-14-22(15-13-21)30-24(29)16-23(26)19(3)10-5-2/h12-15,17-19,23H,4-11,16H2,1-3H3. The second-order valence-corrected chi connectivity index (χ2v) is 8.62. The molecule has 2 unspecified atom stereocenters. The average Bonchev–Trinajstić information content (AvgIpc) is 2.74. The lowest BCUT2D eigenvalue weighted by atomic mass is 10.00. The molecule has 0 amide bonds. The van der Waals surface area contributed by atoms with E-state index in [1.807, 2.05) is 24.5 Å². The maximum atomic E-state index is 12.1. The van der Waals surface area contributed by atoms with Crippen LogP contribution in [0.2, 0.25) is 0 Å². The van der Waals surface area contributed by atoms with Crippen LogP contribution in [0, 0.1) is 5.92 Å². The zero-order chi connectivity index (χ0) is 21.8. The fraction of sp³-hybridized carbons (Fsp3) is 0.560. The number of hydrogen-bond donors (Lipinski definition) is 0. The number of benzene rings is 1. The lowest BCUT2D eigenvalue weighted by molar-refractivity contribution is -0.134. The fourth-order valence-corrected chi connectivity index (χ4v) is 3.66. The number of carbonyl (C=O) groups is 1. The minimum atomic E-state index is -0.301. The van der Waals surface area contributed by atoms with E-state index in [0.717, 1.165) is 24.8 Å². The highest BCUT2D eigenvalue weighted by molar-refractivity contribution is 6.21. The monoisotopic (exact) mass is 430 g/mol. The summed E-state index contributed by atoms with van der Waals surface area (Å²) in [6.07, 6.45) is 13.5. The fourth-order valence-electron chi connectivity index (χ4n) is 3.41. The number of ether oxygens (including phenoxy) is 1. The van der Waals surface area contributed by atoms with Gasteiger partial charge in [0.15, 0.2) is 5.82 Å². The van der Waals surface area contributed by atoms with E-state index in [1.54, 1.807) is 12.1 Å². The van der Waals surface area contributed by atoms with Crippen molar-refractivity contribution in [3.05, 3.63) is 42.2 Å². The van der Waals surface area contributed by atoms with Crippen molar-refractivity contribution in [3.63, 3.8) is 0 Å². The molecule has 0 bridgehead atoms. The molecule has 0 spiro atoms. The lowest BCUT2D eigenvalue weighted by Crippen LogP contribution is -2.19.